The smallest absolute Gasteiger partial charge is 0.346 e. The summed E-state index contributed by atoms with van der Waals surface area (Å²) in [5.74, 6) is 0.216. The summed E-state index contributed by atoms with van der Waals surface area (Å²) in [5, 5.41) is 0.689. The van der Waals surface area contributed by atoms with Gasteiger partial charge in [-0.2, -0.15) is 0 Å². The van der Waals surface area contributed by atoms with Gasteiger partial charge in [0.2, 0.25) is 5.91 Å². The van der Waals surface area contributed by atoms with Crippen LogP contribution in [0.2, 0.25) is 5.02 Å². The summed E-state index contributed by atoms with van der Waals surface area (Å²) in [6, 6.07) is 15.0. The number of para-hydroxylation sites is 1. The van der Waals surface area contributed by atoms with Gasteiger partial charge in [0.15, 0.2) is 0 Å². The molecule has 0 radical (unpaired) electrons. The van der Waals surface area contributed by atoms with Gasteiger partial charge >= 0.3 is 5.97 Å². The minimum absolute atomic E-state index is 0.0394. The van der Waals surface area contributed by atoms with Crippen molar-refractivity contribution in [2.75, 3.05) is 17.8 Å². The van der Waals surface area contributed by atoms with E-state index < -0.39 is 6.04 Å². The first-order valence-electron chi connectivity index (χ1n) is 9.68. The maximum atomic E-state index is 12.5. The van der Waals surface area contributed by atoms with Crippen LogP contribution in [0.15, 0.2) is 81.0 Å². The van der Waals surface area contributed by atoms with Crippen LogP contribution in [0.1, 0.15) is 5.56 Å². The van der Waals surface area contributed by atoms with E-state index in [2.05, 4.69) is 9.13 Å². The number of amides is 1. The second-order valence-electron chi connectivity index (χ2n) is 6.69. The van der Waals surface area contributed by atoms with Crippen LogP contribution in [0.3, 0.4) is 0 Å². The number of allylic oxidation sites excluding steroid dienone is 3. The van der Waals surface area contributed by atoms with Crippen LogP contribution in [-0.4, -0.2) is 37.0 Å². The molecule has 4 rings (SSSR count). The molecular weight excluding hydrogens is 466 g/mol. The summed E-state index contributed by atoms with van der Waals surface area (Å²) in [7, 11) is 1.35. The van der Waals surface area contributed by atoms with Crippen LogP contribution < -0.4 is 10.6 Å². The van der Waals surface area contributed by atoms with Crippen molar-refractivity contribution in [2.24, 2.45) is 10.1 Å². The number of carbonyl (C=O) groups is 2. The monoisotopic (exact) mass is 487 g/mol. The Morgan fingerprint density at radius 3 is 2.72 bits per heavy atom. The highest BCUT2D eigenvalue weighted by Gasteiger charge is 2.28. The van der Waals surface area contributed by atoms with Crippen LogP contribution in [0, 0.1) is 0 Å². The van der Waals surface area contributed by atoms with Crippen LogP contribution in [0.25, 0.3) is 0 Å². The summed E-state index contributed by atoms with van der Waals surface area (Å²) in [6.45, 7) is 0.501. The first-order valence-corrected chi connectivity index (χ1v) is 11.8. The zero-order valence-electron chi connectivity index (χ0n) is 17.3. The Hall–Kier alpha value is -2.52. The highest BCUT2D eigenvalue weighted by atomic mass is 35.5. The number of carbonyl (C=O) groups excluding carboxylic acids is 2. The van der Waals surface area contributed by atoms with Crippen molar-refractivity contribution in [2.45, 2.75) is 17.5 Å². The number of halogens is 1. The predicted molar refractivity (Wildman–Crippen MR) is 133 cm³/mol. The first-order chi connectivity index (χ1) is 15.5. The molecule has 32 heavy (non-hydrogen) atoms. The van der Waals surface area contributed by atoms with E-state index in [1.165, 1.54) is 7.11 Å². The van der Waals surface area contributed by atoms with Crippen molar-refractivity contribution < 1.29 is 14.3 Å². The molecule has 2 N–H and O–H groups in total. The minimum atomic E-state index is -0.477. The van der Waals surface area contributed by atoms with Gasteiger partial charge in [-0.1, -0.05) is 41.9 Å². The van der Waals surface area contributed by atoms with E-state index in [1.807, 2.05) is 48.5 Å². The molecule has 6 nitrogen and oxygen atoms in total. The van der Waals surface area contributed by atoms with Gasteiger partial charge in [-0.15, -0.1) is 11.8 Å². The Balaban J connectivity index is 0.000000222. The van der Waals surface area contributed by atoms with Gasteiger partial charge in [-0.3, -0.25) is 4.79 Å². The molecule has 2 aromatic rings. The fourth-order valence-electron chi connectivity index (χ4n) is 2.86. The third kappa shape index (κ3) is 6.49. The van der Waals surface area contributed by atoms with E-state index in [0.717, 1.165) is 28.1 Å². The fourth-order valence-corrected chi connectivity index (χ4v) is 4.53. The van der Waals surface area contributed by atoms with Crippen molar-refractivity contribution in [3.8, 4) is 0 Å². The molecule has 2 aromatic carbocycles. The van der Waals surface area contributed by atoms with Crippen molar-refractivity contribution in [3.63, 3.8) is 0 Å². The zero-order valence-corrected chi connectivity index (χ0v) is 19.7. The number of esters is 1. The number of thioether (sulfide) groups is 1. The fraction of sp³-hybridized carbons (Fsp3) is 0.174. The number of nitrogens with zero attached hydrogens (tertiary/aromatic N) is 2. The van der Waals surface area contributed by atoms with Crippen molar-refractivity contribution >= 4 is 59.1 Å². The molecule has 0 unspecified atom stereocenters. The van der Waals surface area contributed by atoms with Gasteiger partial charge in [0.25, 0.3) is 0 Å². The van der Waals surface area contributed by atoms with Crippen molar-refractivity contribution in [3.05, 3.63) is 82.3 Å². The lowest BCUT2D eigenvalue weighted by atomic mass is 10.1. The van der Waals surface area contributed by atoms with E-state index in [9.17, 15) is 9.59 Å². The quantitative estimate of drug-likeness (QED) is 0.501. The number of hydrogen-bond acceptors (Lipinski definition) is 7. The number of nitrogens with two attached hydrogens (primary N) is 1. The highest BCUT2D eigenvalue weighted by molar-refractivity contribution is 8.02. The average molecular weight is 488 g/mol. The van der Waals surface area contributed by atoms with Crippen molar-refractivity contribution in [1.82, 2.24) is 0 Å². The highest BCUT2D eigenvalue weighted by Crippen LogP contribution is 2.34. The Kier molecular flexibility index (Phi) is 8.99. The van der Waals surface area contributed by atoms with Gasteiger partial charge in [0, 0.05) is 33.8 Å². The summed E-state index contributed by atoms with van der Waals surface area (Å²) >= 11 is 8.65. The van der Waals surface area contributed by atoms with Crippen LogP contribution in [0.4, 0.5) is 5.69 Å². The Morgan fingerprint density at radius 1 is 1.22 bits per heavy atom. The Morgan fingerprint density at radius 2 is 1.97 bits per heavy atom. The van der Waals surface area contributed by atoms with Gasteiger partial charge in [-0.25, -0.2) is 9.19 Å². The van der Waals surface area contributed by atoms with Crippen LogP contribution in [0.5, 0.6) is 0 Å². The topological polar surface area (TPSA) is 85.0 Å². The molecule has 1 atom stereocenters. The van der Waals surface area contributed by atoms with E-state index >= 15 is 0 Å². The molecule has 166 valence electrons. The molecule has 2 heterocycles. The second kappa shape index (κ2) is 11.9. The SMILES string of the molecule is COC(=O)C1=CC=CC=NS1.N[C@H]1CSc2ccccc2N(Cc2ccc(Cl)cc2)C1=O. The number of fused-ring (bicyclic) bond motifs is 1. The molecule has 0 saturated heterocycles. The molecule has 0 spiro atoms. The van der Waals surface area contributed by atoms with Gasteiger partial charge < -0.3 is 15.4 Å². The molecule has 0 fully saturated rings. The Bertz CT molecular complexity index is 1050. The first kappa shape index (κ1) is 24.1. The maximum Gasteiger partial charge on any atom is 0.346 e. The normalized spacial score (nSPS) is 17.3. The van der Waals surface area contributed by atoms with E-state index in [4.69, 9.17) is 17.3 Å². The van der Waals surface area contributed by atoms with Gasteiger partial charge in [0.1, 0.15) is 4.91 Å². The molecule has 0 bridgehead atoms. The number of benzene rings is 2. The molecule has 9 heteroatoms. The predicted octanol–water partition coefficient (Wildman–Crippen LogP) is 4.64. The van der Waals surface area contributed by atoms with E-state index in [1.54, 1.807) is 41.1 Å². The molecule has 2 aliphatic rings. The Labute approximate surface area is 200 Å². The standard InChI is InChI=1S/C16H15ClN2OS.C7H7NO2S/c17-12-7-5-11(6-8-12)9-19-14-3-1-2-4-15(14)21-10-13(18)16(19)20;1-10-7(9)6-4-2-3-5-8-11-6/h1-8,13H,9-10,18H2;2-5H,1H3/t13-;/m0./s1. The molecule has 0 saturated carbocycles. The number of anilines is 1. The molecule has 2 aliphatic heterocycles. The third-order valence-electron chi connectivity index (χ3n) is 4.45. The minimum Gasteiger partial charge on any atom is -0.465 e. The average Bonchev–Trinajstić information content (AvgIpc) is 3.16. The third-order valence-corrected chi connectivity index (χ3v) is 6.62. The van der Waals surface area contributed by atoms with Gasteiger partial charge in [0.05, 0.1) is 25.4 Å². The summed E-state index contributed by atoms with van der Waals surface area (Å²) in [6.07, 6.45) is 6.79. The lowest BCUT2D eigenvalue weighted by Crippen LogP contribution is -2.43. The molecular formula is C23H22ClN3O3S2. The lowest BCUT2D eigenvalue weighted by molar-refractivity contribution is -0.135. The lowest BCUT2D eigenvalue weighted by Gasteiger charge is -2.24. The second-order valence-corrected chi connectivity index (χ2v) is 9.02. The van der Waals surface area contributed by atoms with Gasteiger partial charge in [-0.05, 0) is 42.0 Å². The van der Waals surface area contributed by atoms with E-state index in [-0.39, 0.29) is 11.9 Å². The molecule has 0 aromatic heterocycles. The number of methoxy groups -OCH3 is 1. The summed E-state index contributed by atoms with van der Waals surface area (Å²) in [5.41, 5.74) is 7.95. The number of rotatable bonds is 3. The zero-order chi connectivity index (χ0) is 22.9. The molecule has 1 amide bonds. The summed E-state index contributed by atoms with van der Waals surface area (Å²) < 4.78 is 8.37. The maximum absolute atomic E-state index is 12.5. The molecule has 0 aliphatic carbocycles. The number of hydrogen-bond donors (Lipinski definition) is 1. The van der Waals surface area contributed by atoms with Crippen molar-refractivity contribution in [1.29, 1.82) is 0 Å². The van der Waals surface area contributed by atoms with Crippen LogP contribution >= 0.6 is 35.3 Å². The number of ether oxygens (including phenoxy) is 1. The largest absolute Gasteiger partial charge is 0.465 e. The summed E-state index contributed by atoms with van der Waals surface area (Å²) in [4.78, 5) is 26.8. The van der Waals surface area contributed by atoms with Crippen LogP contribution in [-0.2, 0) is 20.9 Å². The van der Waals surface area contributed by atoms with E-state index in [0.29, 0.717) is 22.2 Å².